The van der Waals surface area contributed by atoms with Crippen molar-refractivity contribution in [1.29, 1.82) is 0 Å². The van der Waals surface area contributed by atoms with Crippen molar-refractivity contribution in [2.24, 2.45) is 0 Å². The third-order valence-corrected chi connectivity index (χ3v) is 7.96. The molecule has 3 heterocycles. The first-order valence-corrected chi connectivity index (χ1v) is 12.9. The van der Waals surface area contributed by atoms with Crippen molar-refractivity contribution >= 4 is 39.8 Å². The topological polar surface area (TPSA) is 76.6 Å². The molecular formula is C24H26N4O3S2. The molecule has 1 N–H and O–H groups in total. The standard InChI is InChI=1S/C24H26N4O3S2/c1-15-5-7-18(12-16(15)2)25-23-26-27-24(33-23)32-14-22(29)28-9-3-4-19(28)17-6-8-20-21(13-17)31-11-10-30-20/h5-8,12-13,19H,3-4,9-11,14H2,1-2H3,(H,25,26). The van der Waals surface area contributed by atoms with E-state index < -0.39 is 0 Å². The van der Waals surface area contributed by atoms with E-state index in [0.29, 0.717) is 19.0 Å². The van der Waals surface area contributed by atoms with E-state index in [1.807, 2.05) is 29.2 Å². The van der Waals surface area contributed by atoms with Crippen LogP contribution in [0.1, 0.15) is 35.6 Å². The molecule has 3 aromatic rings. The summed E-state index contributed by atoms with van der Waals surface area (Å²) in [6.45, 7) is 6.08. The van der Waals surface area contributed by atoms with Gasteiger partial charge in [-0.15, -0.1) is 10.2 Å². The van der Waals surface area contributed by atoms with Crippen LogP contribution in [-0.2, 0) is 4.79 Å². The van der Waals surface area contributed by atoms with Crippen molar-refractivity contribution in [1.82, 2.24) is 15.1 Å². The van der Waals surface area contributed by atoms with Gasteiger partial charge < -0.3 is 19.7 Å². The Morgan fingerprint density at radius 3 is 2.82 bits per heavy atom. The molecule has 7 nitrogen and oxygen atoms in total. The largest absolute Gasteiger partial charge is 0.486 e. The van der Waals surface area contributed by atoms with Gasteiger partial charge in [-0.05, 0) is 67.6 Å². The Kier molecular flexibility index (Phi) is 6.41. The molecule has 0 bridgehead atoms. The quantitative estimate of drug-likeness (QED) is 0.488. The molecule has 1 aromatic heterocycles. The SMILES string of the molecule is Cc1ccc(Nc2nnc(SCC(=O)N3CCCC3c3ccc4c(c3)OCCO4)s2)cc1C. The van der Waals surface area contributed by atoms with E-state index >= 15 is 0 Å². The number of hydrogen-bond donors (Lipinski definition) is 1. The van der Waals surface area contributed by atoms with Crippen LogP contribution in [0.4, 0.5) is 10.8 Å². The Morgan fingerprint density at radius 2 is 1.97 bits per heavy atom. The summed E-state index contributed by atoms with van der Waals surface area (Å²) in [5.74, 6) is 2.01. The van der Waals surface area contributed by atoms with Gasteiger partial charge in [0.25, 0.3) is 0 Å². The third-order valence-electron chi connectivity index (χ3n) is 6.01. The summed E-state index contributed by atoms with van der Waals surface area (Å²) in [5.41, 5.74) is 4.57. The van der Waals surface area contributed by atoms with Crippen molar-refractivity contribution in [3.05, 3.63) is 53.1 Å². The van der Waals surface area contributed by atoms with Gasteiger partial charge in [0.1, 0.15) is 13.2 Å². The summed E-state index contributed by atoms with van der Waals surface area (Å²) in [7, 11) is 0. The van der Waals surface area contributed by atoms with Gasteiger partial charge in [0.2, 0.25) is 11.0 Å². The summed E-state index contributed by atoms with van der Waals surface area (Å²) < 4.78 is 12.1. The fourth-order valence-electron chi connectivity index (χ4n) is 4.15. The molecule has 2 aliphatic heterocycles. The Hall–Kier alpha value is -2.78. The van der Waals surface area contributed by atoms with E-state index in [1.165, 1.54) is 34.2 Å². The number of carbonyl (C=O) groups is 1. The summed E-state index contributed by atoms with van der Waals surface area (Å²) in [6.07, 6.45) is 1.96. The number of thioether (sulfide) groups is 1. The fraction of sp³-hybridized carbons (Fsp3) is 0.375. The molecule has 1 fully saturated rings. The molecule has 5 rings (SSSR count). The van der Waals surface area contributed by atoms with Crippen LogP contribution in [0.3, 0.4) is 0 Å². The maximum absolute atomic E-state index is 13.0. The molecule has 2 aromatic carbocycles. The number of amides is 1. The first-order chi connectivity index (χ1) is 16.1. The number of rotatable bonds is 6. The number of carbonyl (C=O) groups excluding carboxylic acids is 1. The lowest BCUT2D eigenvalue weighted by molar-refractivity contribution is -0.129. The average Bonchev–Trinajstić information content (AvgIpc) is 3.49. The summed E-state index contributed by atoms with van der Waals surface area (Å²) in [6, 6.07) is 12.3. The Bertz CT molecular complexity index is 1170. The number of nitrogens with zero attached hydrogens (tertiary/aromatic N) is 3. The molecule has 0 spiro atoms. The zero-order chi connectivity index (χ0) is 22.8. The summed E-state index contributed by atoms with van der Waals surface area (Å²) >= 11 is 2.90. The lowest BCUT2D eigenvalue weighted by Crippen LogP contribution is -2.32. The highest BCUT2D eigenvalue weighted by Crippen LogP contribution is 2.38. The van der Waals surface area contributed by atoms with Crippen LogP contribution in [0.5, 0.6) is 11.5 Å². The second kappa shape index (κ2) is 9.61. The van der Waals surface area contributed by atoms with Crippen molar-refractivity contribution in [2.45, 2.75) is 37.1 Å². The van der Waals surface area contributed by atoms with E-state index in [1.54, 1.807) is 0 Å². The Morgan fingerprint density at radius 1 is 1.12 bits per heavy atom. The van der Waals surface area contributed by atoms with Gasteiger partial charge in [-0.25, -0.2) is 0 Å². The Labute approximate surface area is 201 Å². The predicted molar refractivity (Wildman–Crippen MR) is 131 cm³/mol. The number of benzene rings is 2. The van der Waals surface area contributed by atoms with Crippen molar-refractivity contribution in [2.75, 3.05) is 30.8 Å². The number of aromatic nitrogens is 2. The third kappa shape index (κ3) is 4.94. The lowest BCUT2D eigenvalue weighted by Gasteiger charge is -2.26. The molecule has 1 amide bonds. The maximum Gasteiger partial charge on any atom is 0.233 e. The van der Waals surface area contributed by atoms with E-state index in [2.05, 4.69) is 41.5 Å². The van der Waals surface area contributed by atoms with Crippen molar-refractivity contribution in [3.8, 4) is 11.5 Å². The molecule has 33 heavy (non-hydrogen) atoms. The maximum atomic E-state index is 13.0. The highest BCUT2D eigenvalue weighted by atomic mass is 32.2. The van der Waals surface area contributed by atoms with Gasteiger partial charge in [-0.2, -0.15) is 0 Å². The van der Waals surface area contributed by atoms with Crippen LogP contribution in [0.25, 0.3) is 0 Å². The fourth-order valence-corrected chi connectivity index (χ4v) is 5.80. The van der Waals surface area contributed by atoms with Crippen LogP contribution in [0.2, 0.25) is 0 Å². The second-order valence-corrected chi connectivity index (χ2v) is 10.4. The van der Waals surface area contributed by atoms with Crippen LogP contribution in [0, 0.1) is 13.8 Å². The second-order valence-electron chi connectivity index (χ2n) is 8.23. The minimum atomic E-state index is 0.0744. The highest BCUT2D eigenvalue weighted by Gasteiger charge is 2.31. The zero-order valence-corrected chi connectivity index (χ0v) is 20.3. The van der Waals surface area contributed by atoms with Gasteiger partial charge in [-0.1, -0.05) is 35.2 Å². The minimum Gasteiger partial charge on any atom is -0.486 e. The molecule has 1 saturated heterocycles. The van der Waals surface area contributed by atoms with Crippen LogP contribution in [0.15, 0.2) is 40.7 Å². The van der Waals surface area contributed by atoms with Gasteiger partial charge in [0.15, 0.2) is 15.8 Å². The molecule has 0 saturated carbocycles. The lowest BCUT2D eigenvalue weighted by atomic mass is 10.0. The monoisotopic (exact) mass is 482 g/mol. The number of likely N-dealkylation sites (tertiary alicyclic amines) is 1. The molecule has 1 unspecified atom stereocenters. The molecule has 0 radical (unpaired) electrons. The Balaban J connectivity index is 1.20. The molecule has 9 heteroatoms. The molecule has 2 aliphatic rings. The molecule has 172 valence electrons. The van der Waals surface area contributed by atoms with Crippen LogP contribution >= 0.6 is 23.1 Å². The number of ether oxygens (including phenoxy) is 2. The zero-order valence-electron chi connectivity index (χ0n) is 18.7. The molecule has 0 aliphatic carbocycles. The summed E-state index contributed by atoms with van der Waals surface area (Å²) in [5, 5.41) is 12.5. The highest BCUT2D eigenvalue weighted by molar-refractivity contribution is 8.01. The van der Waals surface area contributed by atoms with Crippen LogP contribution in [-0.4, -0.2) is 46.5 Å². The number of nitrogens with one attached hydrogen (secondary N) is 1. The van der Waals surface area contributed by atoms with Crippen LogP contribution < -0.4 is 14.8 Å². The smallest absolute Gasteiger partial charge is 0.233 e. The summed E-state index contributed by atoms with van der Waals surface area (Å²) in [4.78, 5) is 15.0. The van der Waals surface area contributed by atoms with Gasteiger partial charge in [-0.3, -0.25) is 4.79 Å². The molecule has 1 atom stereocenters. The van der Waals surface area contributed by atoms with E-state index in [4.69, 9.17) is 9.47 Å². The first kappa shape index (κ1) is 22.0. The number of fused-ring (bicyclic) bond motifs is 1. The van der Waals surface area contributed by atoms with E-state index in [-0.39, 0.29) is 11.9 Å². The number of aryl methyl sites for hydroxylation is 2. The predicted octanol–water partition coefficient (Wildman–Crippen LogP) is 5.13. The minimum absolute atomic E-state index is 0.0744. The normalized spacial score (nSPS) is 17.3. The average molecular weight is 483 g/mol. The first-order valence-electron chi connectivity index (χ1n) is 11.1. The van der Waals surface area contributed by atoms with Gasteiger partial charge in [0.05, 0.1) is 11.8 Å². The van der Waals surface area contributed by atoms with Gasteiger partial charge >= 0.3 is 0 Å². The molecular weight excluding hydrogens is 456 g/mol. The van der Waals surface area contributed by atoms with Crippen molar-refractivity contribution in [3.63, 3.8) is 0 Å². The van der Waals surface area contributed by atoms with E-state index in [0.717, 1.165) is 51.6 Å². The van der Waals surface area contributed by atoms with E-state index in [9.17, 15) is 4.79 Å². The number of anilines is 2. The van der Waals surface area contributed by atoms with Crippen molar-refractivity contribution < 1.29 is 14.3 Å². The van der Waals surface area contributed by atoms with Gasteiger partial charge in [0, 0.05) is 12.2 Å². The number of hydrogen-bond acceptors (Lipinski definition) is 8.